The average Bonchev–Trinajstić information content (AvgIpc) is 2.56. The molecule has 0 bridgehead atoms. The molecule has 0 saturated heterocycles. The second-order valence-corrected chi connectivity index (χ2v) is 5.17. The van der Waals surface area contributed by atoms with Crippen LogP contribution in [0, 0.1) is 6.92 Å². The molecule has 0 radical (unpaired) electrons. The summed E-state index contributed by atoms with van der Waals surface area (Å²) in [6.07, 6.45) is -0.283. The number of hydrogen-bond donors (Lipinski definition) is 2. The quantitative estimate of drug-likeness (QED) is 0.858. The van der Waals surface area contributed by atoms with E-state index in [1.807, 2.05) is 55.5 Å². The first-order valence-electron chi connectivity index (χ1n) is 7.41. The second kappa shape index (κ2) is 8.19. The van der Waals surface area contributed by atoms with Crippen LogP contribution in [0.2, 0.25) is 0 Å². The highest BCUT2D eigenvalue weighted by atomic mass is 16.5. The van der Waals surface area contributed by atoms with Crippen LogP contribution in [0.15, 0.2) is 48.5 Å². The van der Waals surface area contributed by atoms with Gasteiger partial charge in [0.05, 0.1) is 7.11 Å². The smallest absolute Gasteiger partial charge is 0.319 e. The van der Waals surface area contributed by atoms with Crippen LogP contribution in [0.5, 0.6) is 5.75 Å². The van der Waals surface area contributed by atoms with Gasteiger partial charge in [-0.3, -0.25) is 0 Å². The summed E-state index contributed by atoms with van der Waals surface area (Å²) in [5, 5.41) is 5.63. The van der Waals surface area contributed by atoms with Gasteiger partial charge in [-0.2, -0.15) is 0 Å². The van der Waals surface area contributed by atoms with Crippen LogP contribution in [0.1, 0.15) is 17.2 Å². The molecule has 0 aliphatic heterocycles. The lowest BCUT2D eigenvalue weighted by atomic mass is 10.1. The van der Waals surface area contributed by atoms with E-state index in [2.05, 4.69) is 10.6 Å². The number of para-hydroxylation sites is 1. The molecule has 122 valence electrons. The third-order valence-corrected chi connectivity index (χ3v) is 3.49. The Morgan fingerprint density at radius 1 is 1.13 bits per heavy atom. The topological polar surface area (TPSA) is 59.6 Å². The van der Waals surface area contributed by atoms with Gasteiger partial charge in [-0.25, -0.2) is 4.79 Å². The lowest BCUT2D eigenvalue weighted by Crippen LogP contribution is -2.33. The van der Waals surface area contributed by atoms with Gasteiger partial charge in [0.2, 0.25) is 0 Å². The van der Waals surface area contributed by atoms with Crippen molar-refractivity contribution in [3.63, 3.8) is 0 Å². The van der Waals surface area contributed by atoms with E-state index in [9.17, 15) is 4.79 Å². The molecule has 0 unspecified atom stereocenters. The van der Waals surface area contributed by atoms with Crippen LogP contribution < -0.4 is 15.4 Å². The second-order valence-electron chi connectivity index (χ2n) is 5.17. The zero-order valence-corrected chi connectivity index (χ0v) is 13.6. The van der Waals surface area contributed by atoms with Crippen molar-refractivity contribution in [3.8, 4) is 5.75 Å². The highest BCUT2D eigenvalue weighted by molar-refractivity contribution is 5.89. The summed E-state index contributed by atoms with van der Waals surface area (Å²) in [6, 6.07) is 15.0. The normalized spacial score (nSPS) is 11.6. The third kappa shape index (κ3) is 4.72. The van der Waals surface area contributed by atoms with Crippen LogP contribution in [0.4, 0.5) is 10.5 Å². The van der Waals surface area contributed by atoms with E-state index >= 15 is 0 Å². The van der Waals surface area contributed by atoms with Crippen molar-refractivity contribution < 1.29 is 14.3 Å². The summed E-state index contributed by atoms with van der Waals surface area (Å²) in [4.78, 5) is 12.0. The van der Waals surface area contributed by atoms with Crippen molar-refractivity contribution in [1.29, 1.82) is 0 Å². The molecule has 5 nitrogen and oxygen atoms in total. The van der Waals surface area contributed by atoms with E-state index < -0.39 is 0 Å². The Balaban J connectivity index is 1.96. The summed E-state index contributed by atoms with van der Waals surface area (Å²) in [5.41, 5.74) is 2.74. The summed E-state index contributed by atoms with van der Waals surface area (Å²) in [5.74, 6) is 0.736. The highest BCUT2D eigenvalue weighted by Crippen LogP contribution is 2.26. The number of urea groups is 1. The number of ether oxygens (including phenoxy) is 2. The average molecular weight is 314 g/mol. The largest absolute Gasteiger partial charge is 0.496 e. The van der Waals surface area contributed by atoms with Crippen LogP contribution in [0.25, 0.3) is 0 Å². The number of methoxy groups -OCH3 is 2. The molecule has 0 spiro atoms. The van der Waals surface area contributed by atoms with Gasteiger partial charge in [-0.1, -0.05) is 30.3 Å². The lowest BCUT2D eigenvalue weighted by Gasteiger charge is -2.19. The van der Waals surface area contributed by atoms with Gasteiger partial charge >= 0.3 is 6.03 Å². The van der Waals surface area contributed by atoms with Crippen LogP contribution in [0.3, 0.4) is 0 Å². The lowest BCUT2D eigenvalue weighted by molar-refractivity contribution is 0.102. The van der Waals surface area contributed by atoms with E-state index in [-0.39, 0.29) is 12.1 Å². The number of amides is 2. The van der Waals surface area contributed by atoms with E-state index in [0.29, 0.717) is 6.54 Å². The van der Waals surface area contributed by atoms with Gasteiger partial charge in [0.15, 0.2) is 0 Å². The molecule has 23 heavy (non-hydrogen) atoms. The van der Waals surface area contributed by atoms with Gasteiger partial charge < -0.3 is 20.1 Å². The minimum atomic E-state index is -0.283. The van der Waals surface area contributed by atoms with E-state index in [0.717, 1.165) is 22.6 Å². The van der Waals surface area contributed by atoms with Gasteiger partial charge in [0.1, 0.15) is 11.9 Å². The van der Waals surface area contributed by atoms with Crippen LogP contribution in [-0.2, 0) is 4.74 Å². The summed E-state index contributed by atoms with van der Waals surface area (Å²) < 4.78 is 10.8. The third-order valence-electron chi connectivity index (χ3n) is 3.49. The van der Waals surface area contributed by atoms with E-state index in [1.165, 1.54) is 0 Å². The predicted octanol–water partition coefficient (Wildman–Crippen LogP) is 3.51. The molecule has 1 atom stereocenters. The molecule has 0 aliphatic carbocycles. The monoisotopic (exact) mass is 314 g/mol. The fourth-order valence-electron chi connectivity index (χ4n) is 2.34. The van der Waals surface area contributed by atoms with Crippen LogP contribution >= 0.6 is 0 Å². The molecule has 2 rings (SSSR count). The maximum absolute atomic E-state index is 12.0. The van der Waals surface area contributed by atoms with Crippen molar-refractivity contribution in [1.82, 2.24) is 5.32 Å². The Morgan fingerprint density at radius 3 is 2.61 bits per heavy atom. The molecule has 0 fully saturated rings. The number of rotatable bonds is 6. The molecule has 0 aromatic heterocycles. The van der Waals surface area contributed by atoms with Crippen molar-refractivity contribution in [2.75, 3.05) is 26.1 Å². The molecular formula is C18H22N2O3. The number of hydrogen-bond acceptors (Lipinski definition) is 3. The van der Waals surface area contributed by atoms with Gasteiger partial charge in [-0.05, 0) is 30.7 Å². The zero-order valence-electron chi connectivity index (χ0n) is 13.6. The summed E-state index contributed by atoms with van der Waals surface area (Å²) in [6.45, 7) is 2.32. The molecule has 2 aromatic rings. The molecule has 0 aliphatic rings. The Hall–Kier alpha value is -2.53. The summed E-state index contributed by atoms with van der Waals surface area (Å²) >= 11 is 0. The number of aryl methyl sites for hydroxylation is 1. The Kier molecular flexibility index (Phi) is 6.00. The SMILES string of the molecule is COc1ccccc1[C@@H](CNC(=O)Nc1cccc(C)c1)OC. The van der Waals surface area contributed by atoms with Gasteiger partial charge in [0, 0.05) is 24.9 Å². The van der Waals surface area contributed by atoms with Gasteiger partial charge in [0.25, 0.3) is 0 Å². The maximum Gasteiger partial charge on any atom is 0.319 e. The standard InChI is InChI=1S/C18H22N2O3/c1-13-7-6-8-14(11-13)20-18(21)19-12-17(23-3)15-9-4-5-10-16(15)22-2/h4-11,17H,12H2,1-3H3,(H2,19,20,21)/t17-/m1/s1. The molecule has 5 heteroatoms. The first kappa shape index (κ1) is 16.8. The van der Waals surface area contributed by atoms with E-state index in [1.54, 1.807) is 14.2 Å². The molecule has 2 N–H and O–H groups in total. The number of carbonyl (C=O) groups excluding carboxylic acids is 1. The van der Waals surface area contributed by atoms with Crippen molar-refractivity contribution in [3.05, 3.63) is 59.7 Å². The minimum Gasteiger partial charge on any atom is -0.496 e. The van der Waals surface area contributed by atoms with Crippen molar-refractivity contribution in [2.45, 2.75) is 13.0 Å². The highest BCUT2D eigenvalue weighted by Gasteiger charge is 2.16. The van der Waals surface area contributed by atoms with E-state index in [4.69, 9.17) is 9.47 Å². The molecule has 0 heterocycles. The molecule has 2 aromatic carbocycles. The summed E-state index contributed by atoms with van der Waals surface area (Å²) in [7, 11) is 3.22. The first-order valence-corrected chi connectivity index (χ1v) is 7.41. The van der Waals surface area contributed by atoms with Crippen molar-refractivity contribution >= 4 is 11.7 Å². The number of benzene rings is 2. The fraction of sp³-hybridized carbons (Fsp3) is 0.278. The Morgan fingerprint density at radius 2 is 1.91 bits per heavy atom. The number of anilines is 1. The minimum absolute atomic E-state index is 0.271. The maximum atomic E-state index is 12.0. The van der Waals surface area contributed by atoms with Gasteiger partial charge in [-0.15, -0.1) is 0 Å². The number of carbonyl (C=O) groups is 1. The molecule has 2 amide bonds. The molecule has 0 saturated carbocycles. The number of nitrogens with one attached hydrogen (secondary N) is 2. The van der Waals surface area contributed by atoms with Crippen LogP contribution in [-0.4, -0.2) is 26.8 Å². The predicted molar refractivity (Wildman–Crippen MR) is 90.9 cm³/mol. The fourth-order valence-corrected chi connectivity index (χ4v) is 2.34. The first-order chi connectivity index (χ1) is 11.1. The Bertz CT molecular complexity index is 658. The van der Waals surface area contributed by atoms with Crippen molar-refractivity contribution in [2.24, 2.45) is 0 Å². The molecular weight excluding hydrogens is 292 g/mol. The zero-order chi connectivity index (χ0) is 16.7. The Labute approximate surface area is 136 Å².